The third-order valence-electron chi connectivity index (χ3n) is 2.30. The topological polar surface area (TPSA) is 85.1 Å². The average molecular weight is 381 g/mol. The fourth-order valence-corrected chi connectivity index (χ4v) is 3.08. The molecule has 0 aliphatic heterocycles. The van der Waals surface area contributed by atoms with Gasteiger partial charge >= 0.3 is 0 Å². The highest BCUT2D eigenvalue weighted by atomic mass is 79.9. The van der Waals surface area contributed by atoms with Gasteiger partial charge < -0.3 is 5.73 Å². The summed E-state index contributed by atoms with van der Waals surface area (Å²) >= 11 is 8.92. The number of nitrogen functional groups attached to an aromatic ring is 1. The zero-order chi connectivity index (χ0) is 14.9. The lowest BCUT2D eigenvalue weighted by molar-refractivity contribution is 0.571. The molecule has 0 fully saturated rings. The first-order valence-electron chi connectivity index (χ1n) is 5.18. The van der Waals surface area contributed by atoms with Crippen molar-refractivity contribution < 1.29 is 12.8 Å². The van der Waals surface area contributed by atoms with Crippen LogP contribution in [-0.2, 0) is 10.0 Å². The van der Waals surface area contributed by atoms with Gasteiger partial charge in [-0.2, -0.15) is 0 Å². The van der Waals surface area contributed by atoms with Gasteiger partial charge in [0.25, 0.3) is 10.0 Å². The summed E-state index contributed by atoms with van der Waals surface area (Å²) in [5.41, 5.74) is 5.54. The summed E-state index contributed by atoms with van der Waals surface area (Å²) in [6.07, 6.45) is 1.41. The van der Waals surface area contributed by atoms with E-state index in [9.17, 15) is 12.8 Å². The Hall–Kier alpha value is -1.38. The van der Waals surface area contributed by atoms with Gasteiger partial charge in [-0.25, -0.2) is 17.8 Å². The van der Waals surface area contributed by atoms with Gasteiger partial charge in [-0.3, -0.25) is 4.72 Å². The lowest BCUT2D eigenvalue weighted by atomic mass is 10.3. The average Bonchev–Trinajstić information content (AvgIpc) is 2.33. The highest BCUT2D eigenvalue weighted by Crippen LogP contribution is 2.26. The van der Waals surface area contributed by atoms with Crippen LogP contribution in [0.3, 0.4) is 0 Å². The maximum absolute atomic E-state index is 13.7. The second kappa shape index (κ2) is 5.55. The lowest BCUT2D eigenvalue weighted by Crippen LogP contribution is -2.15. The van der Waals surface area contributed by atoms with E-state index in [2.05, 4.69) is 25.6 Å². The zero-order valence-electron chi connectivity index (χ0n) is 9.77. The Balaban J connectivity index is 2.43. The van der Waals surface area contributed by atoms with Crippen LogP contribution in [0.1, 0.15) is 0 Å². The van der Waals surface area contributed by atoms with Crippen LogP contribution < -0.4 is 10.5 Å². The maximum Gasteiger partial charge on any atom is 0.264 e. The van der Waals surface area contributed by atoms with Crippen molar-refractivity contribution in [1.29, 1.82) is 0 Å². The molecule has 0 saturated carbocycles. The number of nitrogens with two attached hydrogens (primary N) is 1. The van der Waals surface area contributed by atoms with Gasteiger partial charge in [0.15, 0.2) is 5.15 Å². The second-order valence-corrected chi connectivity index (χ2v) is 6.71. The predicted octanol–water partition coefficient (Wildman–Crippen LogP) is 3.02. The maximum atomic E-state index is 13.7. The summed E-state index contributed by atoms with van der Waals surface area (Å²) in [6, 6.07) is 4.71. The number of hydrogen-bond acceptors (Lipinski definition) is 4. The summed E-state index contributed by atoms with van der Waals surface area (Å²) in [6.45, 7) is 0. The van der Waals surface area contributed by atoms with Crippen LogP contribution in [0, 0.1) is 5.82 Å². The molecule has 106 valence electrons. The van der Waals surface area contributed by atoms with Crippen LogP contribution in [0.25, 0.3) is 0 Å². The van der Waals surface area contributed by atoms with E-state index in [4.69, 9.17) is 17.3 Å². The number of hydrogen-bond donors (Lipinski definition) is 2. The molecule has 0 bridgehead atoms. The van der Waals surface area contributed by atoms with E-state index in [1.165, 1.54) is 18.3 Å². The molecule has 0 amide bonds. The normalized spacial score (nSPS) is 11.3. The monoisotopic (exact) mass is 379 g/mol. The minimum atomic E-state index is -4.13. The third kappa shape index (κ3) is 3.20. The van der Waals surface area contributed by atoms with Gasteiger partial charge in [-0.15, -0.1) is 0 Å². The van der Waals surface area contributed by atoms with Crippen LogP contribution in [0.2, 0.25) is 5.15 Å². The molecule has 2 rings (SSSR count). The van der Waals surface area contributed by atoms with E-state index in [-0.39, 0.29) is 16.5 Å². The Labute approximate surface area is 128 Å². The summed E-state index contributed by atoms with van der Waals surface area (Å²) < 4.78 is 40.6. The second-order valence-electron chi connectivity index (χ2n) is 3.79. The molecule has 0 unspecified atom stereocenters. The summed E-state index contributed by atoms with van der Waals surface area (Å²) in [5.74, 6) is -0.948. The molecule has 20 heavy (non-hydrogen) atoms. The van der Waals surface area contributed by atoms with Crippen molar-refractivity contribution in [1.82, 2.24) is 4.98 Å². The number of aromatic nitrogens is 1. The number of nitrogens with one attached hydrogen (secondary N) is 1. The molecule has 3 N–H and O–H groups in total. The molecule has 5 nitrogen and oxygen atoms in total. The molecule has 0 saturated heterocycles. The van der Waals surface area contributed by atoms with Crippen molar-refractivity contribution in [2.75, 3.05) is 10.5 Å². The summed E-state index contributed by atoms with van der Waals surface area (Å²) in [4.78, 5) is 3.25. The van der Waals surface area contributed by atoms with Crippen LogP contribution in [0.5, 0.6) is 0 Å². The Morgan fingerprint density at radius 1 is 1.35 bits per heavy atom. The molecule has 0 radical (unpaired) electrons. The van der Waals surface area contributed by atoms with E-state index in [0.717, 1.165) is 12.1 Å². The smallest absolute Gasteiger partial charge is 0.264 e. The number of benzene rings is 1. The fourth-order valence-electron chi connectivity index (χ4n) is 1.43. The quantitative estimate of drug-likeness (QED) is 0.633. The Morgan fingerprint density at radius 2 is 2.05 bits per heavy atom. The van der Waals surface area contributed by atoms with Gasteiger partial charge in [0.2, 0.25) is 0 Å². The molecule has 0 atom stereocenters. The zero-order valence-corrected chi connectivity index (χ0v) is 12.9. The molecule has 0 spiro atoms. The van der Waals surface area contributed by atoms with E-state index >= 15 is 0 Å². The van der Waals surface area contributed by atoms with Gasteiger partial charge in [-0.05, 0) is 40.2 Å². The van der Waals surface area contributed by atoms with E-state index in [0.29, 0.717) is 4.47 Å². The minimum absolute atomic E-state index is 0.0391. The highest BCUT2D eigenvalue weighted by molar-refractivity contribution is 9.10. The predicted molar refractivity (Wildman–Crippen MR) is 78.6 cm³/mol. The Kier molecular flexibility index (Phi) is 4.17. The number of halogens is 3. The van der Waals surface area contributed by atoms with Crippen LogP contribution in [-0.4, -0.2) is 13.4 Å². The van der Waals surface area contributed by atoms with E-state index < -0.39 is 20.7 Å². The first-order chi connectivity index (χ1) is 9.29. The number of nitrogens with zero attached hydrogens (tertiary/aromatic N) is 1. The molecule has 1 heterocycles. The molecule has 9 heteroatoms. The van der Waals surface area contributed by atoms with Crippen molar-refractivity contribution >= 4 is 48.9 Å². The van der Waals surface area contributed by atoms with Crippen LogP contribution in [0.4, 0.5) is 15.8 Å². The SMILES string of the molecule is Nc1ccc(S(=O)(=O)Nc2cc(Br)cnc2Cl)c(F)c1. The molecular weight excluding hydrogens is 373 g/mol. The van der Waals surface area contributed by atoms with Crippen molar-refractivity contribution in [3.05, 3.63) is 45.9 Å². The summed E-state index contributed by atoms with van der Waals surface area (Å²) in [7, 11) is -4.13. The molecule has 0 aliphatic carbocycles. The minimum Gasteiger partial charge on any atom is -0.399 e. The Morgan fingerprint density at radius 3 is 2.70 bits per heavy atom. The van der Waals surface area contributed by atoms with Gasteiger partial charge in [0, 0.05) is 16.4 Å². The molecular formula is C11H8BrClFN3O2S. The van der Waals surface area contributed by atoms with E-state index in [1.807, 2.05) is 0 Å². The number of sulfonamides is 1. The first-order valence-corrected chi connectivity index (χ1v) is 7.84. The van der Waals surface area contributed by atoms with Crippen molar-refractivity contribution in [2.24, 2.45) is 0 Å². The fraction of sp³-hybridized carbons (Fsp3) is 0. The molecule has 0 aliphatic rings. The Bertz CT molecular complexity index is 770. The number of rotatable bonds is 3. The number of anilines is 2. The highest BCUT2D eigenvalue weighted by Gasteiger charge is 2.20. The largest absolute Gasteiger partial charge is 0.399 e. The van der Waals surface area contributed by atoms with Crippen molar-refractivity contribution in [3.63, 3.8) is 0 Å². The standard InChI is InChI=1S/C11H8BrClFN3O2S/c12-6-3-9(11(13)16-5-6)17-20(18,19)10-2-1-7(15)4-8(10)14/h1-5,17H,15H2. The van der Waals surface area contributed by atoms with Crippen LogP contribution in [0.15, 0.2) is 39.8 Å². The van der Waals surface area contributed by atoms with Gasteiger partial charge in [-0.1, -0.05) is 11.6 Å². The van der Waals surface area contributed by atoms with Gasteiger partial charge in [0.1, 0.15) is 10.7 Å². The third-order valence-corrected chi connectivity index (χ3v) is 4.43. The van der Waals surface area contributed by atoms with Crippen molar-refractivity contribution in [3.8, 4) is 0 Å². The van der Waals surface area contributed by atoms with E-state index in [1.54, 1.807) is 0 Å². The molecule has 1 aromatic heterocycles. The van der Waals surface area contributed by atoms with Crippen LogP contribution >= 0.6 is 27.5 Å². The molecule has 2 aromatic rings. The first kappa shape index (κ1) is 15.0. The molecule has 1 aromatic carbocycles. The van der Waals surface area contributed by atoms with Gasteiger partial charge in [0.05, 0.1) is 5.69 Å². The number of pyridine rings is 1. The van der Waals surface area contributed by atoms with Crippen molar-refractivity contribution in [2.45, 2.75) is 4.90 Å². The summed E-state index contributed by atoms with van der Waals surface area (Å²) in [5, 5.41) is -0.0485. The lowest BCUT2D eigenvalue weighted by Gasteiger charge is -2.10.